The third-order valence-electron chi connectivity index (χ3n) is 2.98. The number of nitrogens with zero attached hydrogens (tertiary/aromatic N) is 1. The summed E-state index contributed by atoms with van der Waals surface area (Å²) in [7, 11) is 0. The van der Waals surface area contributed by atoms with Crippen molar-refractivity contribution >= 4 is 5.82 Å². The van der Waals surface area contributed by atoms with Crippen LogP contribution in [0.2, 0.25) is 0 Å². The summed E-state index contributed by atoms with van der Waals surface area (Å²) in [6.45, 7) is 1.68. The maximum atomic E-state index is 5.63. The van der Waals surface area contributed by atoms with Gasteiger partial charge in [0.2, 0.25) is 0 Å². The van der Waals surface area contributed by atoms with Crippen molar-refractivity contribution in [1.82, 2.24) is 10.3 Å². The number of hydrogen-bond donors (Lipinski definition) is 2. The molecule has 4 nitrogen and oxygen atoms in total. The highest BCUT2D eigenvalue weighted by Crippen LogP contribution is 2.39. The molecule has 14 heavy (non-hydrogen) atoms. The smallest absolute Gasteiger partial charge is 0.123 e. The van der Waals surface area contributed by atoms with Crippen molar-refractivity contribution in [2.45, 2.75) is 18.0 Å². The second kappa shape index (κ2) is 2.68. The van der Waals surface area contributed by atoms with Crippen LogP contribution in [0.3, 0.4) is 0 Å². The van der Waals surface area contributed by atoms with Gasteiger partial charge in [-0.25, -0.2) is 4.98 Å². The van der Waals surface area contributed by atoms with Gasteiger partial charge in [0.15, 0.2) is 0 Å². The van der Waals surface area contributed by atoms with Crippen molar-refractivity contribution in [3.05, 3.63) is 23.9 Å². The van der Waals surface area contributed by atoms with Crippen molar-refractivity contribution in [3.8, 4) is 0 Å². The van der Waals surface area contributed by atoms with Gasteiger partial charge in [-0.15, -0.1) is 0 Å². The molecule has 3 rings (SSSR count). The lowest BCUT2D eigenvalue weighted by Crippen LogP contribution is -2.70. The number of pyridine rings is 1. The first-order chi connectivity index (χ1) is 6.77. The molecule has 2 aliphatic rings. The normalized spacial score (nSPS) is 28.1. The maximum Gasteiger partial charge on any atom is 0.123 e. The SMILES string of the molecule is Nc1cccc(C2CC3(COC3)N2)n1. The zero-order valence-corrected chi connectivity index (χ0v) is 7.86. The number of ether oxygens (including phenoxy) is 1. The lowest BCUT2D eigenvalue weighted by molar-refractivity contribution is -0.127. The Morgan fingerprint density at radius 2 is 2.29 bits per heavy atom. The van der Waals surface area contributed by atoms with E-state index in [1.54, 1.807) is 0 Å². The number of nitrogens with two attached hydrogens (primary N) is 1. The average Bonchev–Trinajstić information content (AvgIpc) is 1.98. The summed E-state index contributed by atoms with van der Waals surface area (Å²) >= 11 is 0. The maximum absolute atomic E-state index is 5.63. The molecule has 0 aromatic carbocycles. The number of nitrogen functional groups attached to an aromatic ring is 1. The molecular weight excluding hydrogens is 178 g/mol. The molecule has 1 aromatic heterocycles. The highest BCUT2D eigenvalue weighted by molar-refractivity contribution is 5.31. The van der Waals surface area contributed by atoms with E-state index in [1.165, 1.54) is 0 Å². The predicted octanol–water partition coefficient (Wildman–Crippen LogP) is 0.467. The zero-order chi connectivity index (χ0) is 9.60. The van der Waals surface area contributed by atoms with Gasteiger partial charge < -0.3 is 10.5 Å². The minimum atomic E-state index is 0.261. The van der Waals surface area contributed by atoms with E-state index < -0.39 is 0 Å². The second-order valence-corrected chi connectivity index (χ2v) is 4.16. The van der Waals surface area contributed by atoms with Gasteiger partial charge in [0.1, 0.15) is 5.82 Å². The Labute approximate surface area is 82.5 Å². The van der Waals surface area contributed by atoms with Crippen LogP contribution in [0.1, 0.15) is 18.2 Å². The van der Waals surface area contributed by atoms with Gasteiger partial charge in [0, 0.05) is 0 Å². The Hall–Kier alpha value is -1.13. The van der Waals surface area contributed by atoms with Crippen molar-refractivity contribution in [3.63, 3.8) is 0 Å². The molecule has 2 aliphatic heterocycles. The van der Waals surface area contributed by atoms with E-state index in [-0.39, 0.29) is 5.54 Å². The molecule has 0 bridgehead atoms. The van der Waals surface area contributed by atoms with Gasteiger partial charge in [0.05, 0.1) is 30.5 Å². The molecule has 0 radical (unpaired) electrons. The van der Waals surface area contributed by atoms with Crippen molar-refractivity contribution in [1.29, 1.82) is 0 Å². The Kier molecular flexibility index (Phi) is 1.57. The third-order valence-corrected chi connectivity index (χ3v) is 2.98. The van der Waals surface area contributed by atoms with Crippen LogP contribution in [-0.4, -0.2) is 23.7 Å². The van der Waals surface area contributed by atoms with Crippen LogP contribution >= 0.6 is 0 Å². The first kappa shape index (κ1) is 8.20. The zero-order valence-electron chi connectivity index (χ0n) is 7.86. The Balaban J connectivity index is 1.73. The fourth-order valence-corrected chi connectivity index (χ4v) is 2.13. The molecule has 2 saturated heterocycles. The number of hydrogen-bond acceptors (Lipinski definition) is 4. The molecule has 0 amide bonds. The summed E-state index contributed by atoms with van der Waals surface area (Å²) in [6.07, 6.45) is 1.11. The van der Waals surface area contributed by atoms with Crippen LogP contribution in [0.4, 0.5) is 5.82 Å². The van der Waals surface area contributed by atoms with E-state index in [4.69, 9.17) is 10.5 Å². The van der Waals surface area contributed by atoms with Crippen LogP contribution in [0, 0.1) is 0 Å². The molecular formula is C10H13N3O. The van der Waals surface area contributed by atoms with E-state index in [2.05, 4.69) is 10.3 Å². The van der Waals surface area contributed by atoms with Gasteiger partial charge in [-0.05, 0) is 18.6 Å². The largest absolute Gasteiger partial charge is 0.384 e. The standard InChI is InChI=1S/C10H13N3O/c11-9-3-1-2-7(12-9)8-4-10(13-8)5-14-6-10/h1-3,8,13H,4-6H2,(H2,11,12). The monoisotopic (exact) mass is 191 g/mol. The summed E-state index contributed by atoms with van der Waals surface area (Å²) in [6, 6.07) is 6.13. The Morgan fingerprint density at radius 1 is 1.50 bits per heavy atom. The summed E-state index contributed by atoms with van der Waals surface area (Å²) in [5.74, 6) is 0.593. The molecule has 0 saturated carbocycles. The molecule has 0 aliphatic carbocycles. The number of rotatable bonds is 1. The number of anilines is 1. The number of nitrogens with one attached hydrogen (secondary N) is 1. The summed E-state index contributed by atoms with van der Waals surface area (Å²) < 4.78 is 5.18. The molecule has 1 unspecified atom stereocenters. The second-order valence-electron chi connectivity index (χ2n) is 4.16. The molecule has 3 heterocycles. The first-order valence-electron chi connectivity index (χ1n) is 4.85. The fraction of sp³-hybridized carbons (Fsp3) is 0.500. The van der Waals surface area contributed by atoms with Crippen molar-refractivity contribution in [2.24, 2.45) is 0 Å². The van der Waals surface area contributed by atoms with Crippen LogP contribution < -0.4 is 11.1 Å². The highest BCUT2D eigenvalue weighted by atomic mass is 16.5. The summed E-state index contributed by atoms with van der Waals surface area (Å²) in [5.41, 5.74) is 6.93. The Morgan fingerprint density at radius 3 is 2.86 bits per heavy atom. The molecule has 4 heteroatoms. The van der Waals surface area contributed by atoms with Crippen molar-refractivity contribution < 1.29 is 4.74 Å². The van der Waals surface area contributed by atoms with Crippen LogP contribution in [0.25, 0.3) is 0 Å². The number of aromatic nitrogens is 1. The fourth-order valence-electron chi connectivity index (χ4n) is 2.13. The minimum absolute atomic E-state index is 0.261. The van der Waals surface area contributed by atoms with Crippen LogP contribution in [0.5, 0.6) is 0 Å². The topological polar surface area (TPSA) is 60.2 Å². The van der Waals surface area contributed by atoms with Gasteiger partial charge in [0.25, 0.3) is 0 Å². The Bertz CT molecular complexity index is 354. The van der Waals surface area contributed by atoms with Gasteiger partial charge in [-0.1, -0.05) is 6.07 Å². The lowest BCUT2D eigenvalue weighted by atomic mass is 9.78. The van der Waals surface area contributed by atoms with Crippen LogP contribution in [-0.2, 0) is 4.74 Å². The first-order valence-corrected chi connectivity index (χ1v) is 4.85. The van der Waals surface area contributed by atoms with Gasteiger partial charge in [-0.3, -0.25) is 5.32 Å². The molecule has 2 fully saturated rings. The van der Waals surface area contributed by atoms with E-state index in [0.717, 1.165) is 25.3 Å². The molecule has 1 aromatic rings. The summed E-state index contributed by atoms with van der Waals surface area (Å²) in [5, 5.41) is 3.49. The van der Waals surface area contributed by atoms with E-state index >= 15 is 0 Å². The lowest BCUT2D eigenvalue weighted by Gasteiger charge is -2.54. The minimum Gasteiger partial charge on any atom is -0.384 e. The predicted molar refractivity (Wildman–Crippen MR) is 52.7 cm³/mol. The van der Waals surface area contributed by atoms with Gasteiger partial charge >= 0.3 is 0 Å². The summed E-state index contributed by atoms with van der Waals surface area (Å²) in [4.78, 5) is 4.29. The van der Waals surface area contributed by atoms with E-state index in [9.17, 15) is 0 Å². The molecule has 1 atom stereocenters. The molecule has 74 valence electrons. The van der Waals surface area contributed by atoms with E-state index in [1.807, 2.05) is 18.2 Å². The van der Waals surface area contributed by atoms with Crippen LogP contribution in [0.15, 0.2) is 18.2 Å². The molecule has 3 N–H and O–H groups in total. The highest BCUT2D eigenvalue weighted by Gasteiger charge is 2.50. The van der Waals surface area contributed by atoms with E-state index in [0.29, 0.717) is 11.9 Å². The van der Waals surface area contributed by atoms with Gasteiger partial charge in [-0.2, -0.15) is 0 Å². The third kappa shape index (κ3) is 1.11. The average molecular weight is 191 g/mol. The van der Waals surface area contributed by atoms with Crippen molar-refractivity contribution in [2.75, 3.05) is 18.9 Å². The quantitative estimate of drug-likeness (QED) is 0.677. The molecule has 1 spiro atoms.